The van der Waals surface area contributed by atoms with Gasteiger partial charge in [0.1, 0.15) is 23.9 Å². The zero-order chi connectivity index (χ0) is 18.5. The minimum absolute atomic E-state index is 0.173. The molecule has 0 radical (unpaired) electrons. The summed E-state index contributed by atoms with van der Waals surface area (Å²) in [7, 11) is 1.52. The molecular formula is C19H15Cl2NO4. The van der Waals surface area contributed by atoms with Crippen LogP contribution in [0.25, 0.3) is 0 Å². The number of amides is 1. The lowest BCUT2D eigenvalue weighted by Gasteiger charge is -2.07. The third-order valence-electron chi connectivity index (χ3n) is 3.49. The fourth-order valence-corrected chi connectivity index (χ4v) is 2.58. The van der Waals surface area contributed by atoms with Gasteiger partial charge in [0.25, 0.3) is 5.91 Å². The van der Waals surface area contributed by atoms with Crippen LogP contribution in [-0.2, 0) is 6.61 Å². The van der Waals surface area contributed by atoms with Gasteiger partial charge in [-0.2, -0.15) is 0 Å². The van der Waals surface area contributed by atoms with Gasteiger partial charge >= 0.3 is 0 Å². The lowest BCUT2D eigenvalue weighted by atomic mass is 10.3. The fourth-order valence-electron chi connectivity index (χ4n) is 2.20. The van der Waals surface area contributed by atoms with Crippen molar-refractivity contribution >= 4 is 34.8 Å². The van der Waals surface area contributed by atoms with E-state index in [9.17, 15) is 4.79 Å². The summed E-state index contributed by atoms with van der Waals surface area (Å²) < 4.78 is 16.2. The van der Waals surface area contributed by atoms with Crippen molar-refractivity contribution in [1.82, 2.24) is 0 Å². The van der Waals surface area contributed by atoms with Gasteiger partial charge in [0.2, 0.25) is 0 Å². The average Bonchev–Trinajstić information content (AvgIpc) is 3.11. The van der Waals surface area contributed by atoms with Crippen LogP contribution in [0.1, 0.15) is 16.3 Å². The molecule has 0 unspecified atom stereocenters. The molecule has 1 amide bonds. The van der Waals surface area contributed by atoms with Gasteiger partial charge in [-0.3, -0.25) is 4.79 Å². The Balaban J connectivity index is 1.60. The number of hydrogen-bond donors (Lipinski definition) is 1. The molecular weight excluding hydrogens is 377 g/mol. The monoisotopic (exact) mass is 391 g/mol. The molecule has 5 nitrogen and oxygen atoms in total. The summed E-state index contributed by atoms with van der Waals surface area (Å²) in [6.45, 7) is 0.198. The smallest absolute Gasteiger partial charge is 0.291 e. The maximum absolute atomic E-state index is 12.3. The molecule has 0 fully saturated rings. The minimum atomic E-state index is -0.385. The van der Waals surface area contributed by atoms with Crippen LogP contribution in [-0.4, -0.2) is 13.0 Å². The fraction of sp³-hybridized carbons (Fsp3) is 0.105. The summed E-state index contributed by atoms with van der Waals surface area (Å²) in [5, 5.41) is 3.75. The zero-order valence-corrected chi connectivity index (χ0v) is 15.3. The van der Waals surface area contributed by atoms with Crippen LogP contribution in [0.15, 0.2) is 59.0 Å². The van der Waals surface area contributed by atoms with Crippen LogP contribution in [0.3, 0.4) is 0 Å². The first-order chi connectivity index (χ1) is 12.5. The van der Waals surface area contributed by atoms with E-state index < -0.39 is 0 Å². The molecule has 0 saturated carbocycles. The summed E-state index contributed by atoms with van der Waals surface area (Å²) in [6.07, 6.45) is 0. The largest absolute Gasteiger partial charge is 0.495 e. The topological polar surface area (TPSA) is 60.7 Å². The molecule has 0 aliphatic heterocycles. The summed E-state index contributed by atoms with van der Waals surface area (Å²) >= 11 is 11.9. The van der Waals surface area contributed by atoms with Crippen LogP contribution in [0.2, 0.25) is 10.0 Å². The SMILES string of the molecule is COc1ccc(NC(=O)c2ccc(COc3ccc(Cl)cc3)o2)cc1Cl. The highest BCUT2D eigenvalue weighted by molar-refractivity contribution is 6.32. The number of anilines is 1. The van der Waals surface area contributed by atoms with Crippen LogP contribution >= 0.6 is 23.2 Å². The number of methoxy groups -OCH3 is 1. The molecule has 1 heterocycles. The number of carbonyl (C=O) groups excluding carboxylic acids is 1. The van der Waals surface area contributed by atoms with Crippen molar-refractivity contribution < 1.29 is 18.7 Å². The molecule has 0 atom stereocenters. The lowest BCUT2D eigenvalue weighted by Crippen LogP contribution is -2.10. The number of carbonyl (C=O) groups is 1. The highest BCUT2D eigenvalue weighted by atomic mass is 35.5. The highest BCUT2D eigenvalue weighted by Gasteiger charge is 2.13. The second kappa shape index (κ2) is 8.17. The Hall–Kier alpha value is -2.63. The first-order valence-electron chi connectivity index (χ1n) is 7.67. The second-order valence-electron chi connectivity index (χ2n) is 5.31. The van der Waals surface area contributed by atoms with Crippen molar-refractivity contribution in [2.45, 2.75) is 6.61 Å². The molecule has 1 aromatic heterocycles. The third-order valence-corrected chi connectivity index (χ3v) is 4.04. The van der Waals surface area contributed by atoms with Gasteiger partial charge in [0.05, 0.1) is 12.1 Å². The number of nitrogens with one attached hydrogen (secondary N) is 1. The Bertz CT molecular complexity index is 906. The van der Waals surface area contributed by atoms with Crippen molar-refractivity contribution in [2.75, 3.05) is 12.4 Å². The van der Waals surface area contributed by atoms with E-state index in [1.165, 1.54) is 7.11 Å². The van der Waals surface area contributed by atoms with Crippen molar-refractivity contribution in [3.05, 3.63) is 76.2 Å². The molecule has 2 aromatic carbocycles. The van der Waals surface area contributed by atoms with Crippen molar-refractivity contribution in [3.8, 4) is 11.5 Å². The summed E-state index contributed by atoms with van der Waals surface area (Å²) in [4.78, 5) is 12.3. The summed E-state index contributed by atoms with van der Waals surface area (Å²) in [6, 6.07) is 15.2. The van der Waals surface area contributed by atoms with Crippen molar-refractivity contribution in [3.63, 3.8) is 0 Å². The van der Waals surface area contributed by atoms with Crippen LogP contribution < -0.4 is 14.8 Å². The van der Waals surface area contributed by atoms with E-state index >= 15 is 0 Å². The Morgan fingerprint density at radius 3 is 2.54 bits per heavy atom. The first kappa shape index (κ1) is 18.2. The Morgan fingerprint density at radius 2 is 1.85 bits per heavy atom. The van der Waals surface area contributed by atoms with Gasteiger partial charge in [0, 0.05) is 10.7 Å². The number of rotatable bonds is 6. The second-order valence-corrected chi connectivity index (χ2v) is 6.16. The summed E-state index contributed by atoms with van der Waals surface area (Å²) in [5.74, 6) is 1.50. The molecule has 3 rings (SSSR count). The van der Waals surface area contributed by atoms with Gasteiger partial charge < -0.3 is 19.2 Å². The number of benzene rings is 2. The van der Waals surface area contributed by atoms with Gasteiger partial charge in [-0.1, -0.05) is 23.2 Å². The molecule has 0 aliphatic carbocycles. The van der Waals surface area contributed by atoms with Crippen LogP contribution in [0, 0.1) is 0 Å². The van der Waals surface area contributed by atoms with Gasteiger partial charge in [-0.25, -0.2) is 0 Å². The number of hydrogen-bond acceptors (Lipinski definition) is 4. The van der Waals surface area contributed by atoms with E-state index in [-0.39, 0.29) is 18.3 Å². The third kappa shape index (κ3) is 4.50. The maximum Gasteiger partial charge on any atom is 0.291 e. The molecule has 1 N–H and O–H groups in total. The van der Waals surface area contributed by atoms with Gasteiger partial charge in [-0.15, -0.1) is 0 Å². The Kier molecular flexibility index (Phi) is 5.71. The molecule has 3 aromatic rings. The Labute approximate surface area is 160 Å². The predicted octanol–water partition coefficient (Wildman–Crippen LogP) is 5.43. The lowest BCUT2D eigenvalue weighted by molar-refractivity contribution is 0.0992. The Morgan fingerprint density at radius 1 is 1.08 bits per heavy atom. The normalized spacial score (nSPS) is 10.4. The number of furan rings is 1. The van der Waals surface area contributed by atoms with E-state index in [1.807, 2.05) is 0 Å². The quantitative estimate of drug-likeness (QED) is 0.608. The standard InChI is InChI=1S/C19H15Cl2NO4/c1-24-17-8-4-13(10-16(17)21)22-19(23)18-9-7-15(26-18)11-25-14-5-2-12(20)3-6-14/h2-10H,11H2,1H3,(H,22,23). The van der Waals surface area contributed by atoms with Gasteiger partial charge in [-0.05, 0) is 54.6 Å². The molecule has 0 spiro atoms. The van der Waals surface area contributed by atoms with E-state index in [4.69, 9.17) is 37.1 Å². The van der Waals surface area contributed by atoms with Crippen molar-refractivity contribution in [2.24, 2.45) is 0 Å². The average molecular weight is 392 g/mol. The maximum atomic E-state index is 12.3. The van der Waals surface area contributed by atoms with E-state index in [2.05, 4.69) is 5.32 Å². The molecule has 0 saturated heterocycles. The van der Waals surface area contributed by atoms with Crippen LogP contribution in [0.5, 0.6) is 11.5 Å². The molecule has 7 heteroatoms. The number of ether oxygens (including phenoxy) is 2. The van der Waals surface area contributed by atoms with Crippen LogP contribution in [0.4, 0.5) is 5.69 Å². The highest BCUT2D eigenvalue weighted by Crippen LogP contribution is 2.27. The predicted molar refractivity (Wildman–Crippen MR) is 100 cm³/mol. The van der Waals surface area contributed by atoms with Gasteiger partial charge in [0.15, 0.2) is 5.76 Å². The molecule has 134 valence electrons. The van der Waals surface area contributed by atoms with E-state index in [1.54, 1.807) is 54.6 Å². The van der Waals surface area contributed by atoms with E-state index in [0.717, 1.165) is 0 Å². The molecule has 0 aliphatic rings. The molecule has 0 bridgehead atoms. The van der Waals surface area contributed by atoms with Crippen molar-refractivity contribution in [1.29, 1.82) is 0 Å². The minimum Gasteiger partial charge on any atom is -0.495 e. The summed E-state index contributed by atoms with van der Waals surface area (Å²) in [5.41, 5.74) is 0.538. The van der Waals surface area contributed by atoms with E-state index in [0.29, 0.717) is 33.0 Å². The molecule has 26 heavy (non-hydrogen) atoms. The zero-order valence-electron chi connectivity index (χ0n) is 13.8. The first-order valence-corrected chi connectivity index (χ1v) is 8.43. The number of halogens is 2.